The fourth-order valence-corrected chi connectivity index (χ4v) is 1.67. The highest BCUT2D eigenvalue weighted by molar-refractivity contribution is 5.96. The molecule has 2 nitrogen and oxygen atoms in total. The van der Waals surface area contributed by atoms with Gasteiger partial charge in [-0.1, -0.05) is 0 Å². The number of halogens is 2. The maximum atomic E-state index is 12.7. The molecule has 0 aliphatic carbocycles. The van der Waals surface area contributed by atoms with Gasteiger partial charge >= 0.3 is 0 Å². The van der Waals surface area contributed by atoms with E-state index in [9.17, 15) is 13.6 Å². The van der Waals surface area contributed by atoms with Crippen LogP contribution in [0.4, 0.5) is 14.5 Å². The number of benzene rings is 2. The zero-order chi connectivity index (χ0) is 13.7. The number of rotatable bonds is 5. The highest BCUT2D eigenvalue weighted by Crippen LogP contribution is 2.09. The first-order valence-electron chi connectivity index (χ1n) is 5.93. The van der Waals surface area contributed by atoms with Crippen LogP contribution < -0.4 is 5.32 Å². The molecule has 0 saturated heterocycles. The second-order valence-electron chi connectivity index (χ2n) is 4.11. The normalized spacial score (nSPS) is 10.2. The molecular formula is C15H13F2NO. The Hall–Kier alpha value is -2.23. The maximum absolute atomic E-state index is 12.7. The number of Topliss-reactive ketones (excluding diaryl/α,β-unsaturated/α-hetero) is 1. The number of hydrogen-bond acceptors (Lipinski definition) is 2. The van der Waals surface area contributed by atoms with Crippen molar-refractivity contribution < 1.29 is 13.6 Å². The summed E-state index contributed by atoms with van der Waals surface area (Å²) in [6.07, 6.45) is 0.295. The summed E-state index contributed by atoms with van der Waals surface area (Å²) in [4.78, 5) is 11.8. The zero-order valence-corrected chi connectivity index (χ0v) is 10.2. The quantitative estimate of drug-likeness (QED) is 0.832. The summed E-state index contributed by atoms with van der Waals surface area (Å²) in [6, 6.07) is 11.4. The monoisotopic (exact) mass is 261 g/mol. The Morgan fingerprint density at radius 1 is 0.895 bits per heavy atom. The van der Waals surface area contributed by atoms with E-state index in [1.165, 1.54) is 36.4 Å². The highest BCUT2D eigenvalue weighted by atomic mass is 19.1. The van der Waals surface area contributed by atoms with Gasteiger partial charge in [0.1, 0.15) is 11.6 Å². The van der Waals surface area contributed by atoms with Crippen molar-refractivity contribution in [1.82, 2.24) is 0 Å². The SMILES string of the molecule is O=C(CCNc1ccc(F)cc1)c1ccc(F)cc1. The number of nitrogens with one attached hydrogen (secondary N) is 1. The Balaban J connectivity index is 1.84. The van der Waals surface area contributed by atoms with Gasteiger partial charge in [-0.2, -0.15) is 0 Å². The molecule has 98 valence electrons. The minimum absolute atomic E-state index is 0.0605. The molecule has 0 amide bonds. The number of carbonyl (C=O) groups excluding carboxylic acids is 1. The molecule has 0 unspecified atom stereocenters. The number of anilines is 1. The summed E-state index contributed by atoms with van der Waals surface area (Å²) in [5.41, 5.74) is 1.25. The lowest BCUT2D eigenvalue weighted by atomic mass is 10.1. The average molecular weight is 261 g/mol. The fraction of sp³-hybridized carbons (Fsp3) is 0.133. The van der Waals surface area contributed by atoms with Crippen molar-refractivity contribution >= 4 is 11.5 Å². The maximum Gasteiger partial charge on any atom is 0.164 e. The smallest absolute Gasteiger partial charge is 0.164 e. The predicted molar refractivity (Wildman–Crippen MR) is 70.2 cm³/mol. The number of carbonyl (C=O) groups is 1. The molecule has 0 atom stereocenters. The Labute approximate surface area is 110 Å². The Bertz CT molecular complexity index is 549. The first kappa shape index (κ1) is 13.2. The van der Waals surface area contributed by atoms with E-state index < -0.39 is 0 Å². The van der Waals surface area contributed by atoms with Crippen molar-refractivity contribution in [2.45, 2.75) is 6.42 Å². The molecule has 0 aliphatic heterocycles. The summed E-state index contributed by atoms with van der Waals surface area (Å²) in [5.74, 6) is -0.719. The minimum atomic E-state index is -0.360. The van der Waals surface area contributed by atoms with E-state index in [-0.39, 0.29) is 17.4 Å². The minimum Gasteiger partial charge on any atom is -0.385 e. The van der Waals surface area contributed by atoms with E-state index in [1.807, 2.05) is 0 Å². The van der Waals surface area contributed by atoms with Crippen LogP contribution in [0, 0.1) is 11.6 Å². The van der Waals surface area contributed by atoms with Crippen molar-refractivity contribution in [2.75, 3.05) is 11.9 Å². The Morgan fingerprint density at radius 2 is 1.42 bits per heavy atom. The molecule has 2 aromatic carbocycles. The van der Waals surface area contributed by atoms with Crippen molar-refractivity contribution in [1.29, 1.82) is 0 Å². The molecule has 19 heavy (non-hydrogen) atoms. The van der Waals surface area contributed by atoms with Crippen molar-refractivity contribution in [3.05, 3.63) is 65.7 Å². The standard InChI is InChI=1S/C15H13F2NO/c16-12-3-1-11(2-4-12)15(19)9-10-18-14-7-5-13(17)6-8-14/h1-8,18H,9-10H2. The van der Waals surface area contributed by atoms with E-state index >= 15 is 0 Å². The summed E-state index contributed by atoms with van der Waals surface area (Å²) in [6.45, 7) is 0.446. The molecule has 0 radical (unpaired) electrons. The van der Waals surface area contributed by atoms with Gasteiger partial charge in [-0.25, -0.2) is 8.78 Å². The van der Waals surface area contributed by atoms with Crippen molar-refractivity contribution in [2.24, 2.45) is 0 Å². The lowest BCUT2D eigenvalue weighted by molar-refractivity contribution is 0.0986. The summed E-state index contributed by atoms with van der Waals surface area (Å²) < 4.78 is 25.4. The van der Waals surface area contributed by atoms with Gasteiger partial charge in [-0.05, 0) is 48.5 Å². The van der Waals surface area contributed by atoms with E-state index in [0.717, 1.165) is 5.69 Å². The lowest BCUT2D eigenvalue weighted by Crippen LogP contribution is -2.08. The molecule has 0 aliphatic rings. The summed E-state index contributed by atoms with van der Waals surface area (Å²) >= 11 is 0. The molecule has 2 rings (SSSR count). The Morgan fingerprint density at radius 3 is 2.00 bits per heavy atom. The van der Waals surface area contributed by atoms with Gasteiger partial charge in [0, 0.05) is 24.2 Å². The third kappa shape index (κ3) is 3.88. The zero-order valence-electron chi connectivity index (χ0n) is 10.2. The molecule has 0 fully saturated rings. The molecular weight excluding hydrogens is 248 g/mol. The number of ketones is 1. The predicted octanol–water partition coefficient (Wildman–Crippen LogP) is 3.65. The van der Waals surface area contributed by atoms with E-state index in [2.05, 4.69) is 5.32 Å². The lowest BCUT2D eigenvalue weighted by Gasteiger charge is -2.05. The molecule has 1 N–H and O–H groups in total. The topological polar surface area (TPSA) is 29.1 Å². The van der Waals surface area contributed by atoms with E-state index in [0.29, 0.717) is 18.5 Å². The van der Waals surface area contributed by atoms with E-state index in [4.69, 9.17) is 0 Å². The van der Waals surface area contributed by atoms with E-state index in [1.54, 1.807) is 12.1 Å². The molecule has 0 saturated carbocycles. The highest BCUT2D eigenvalue weighted by Gasteiger charge is 2.05. The van der Waals surface area contributed by atoms with Gasteiger partial charge in [0.2, 0.25) is 0 Å². The summed E-state index contributed by atoms with van der Waals surface area (Å²) in [5, 5.41) is 3.02. The van der Waals surface area contributed by atoms with Crippen LogP contribution >= 0.6 is 0 Å². The fourth-order valence-electron chi connectivity index (χ4n) is 1.67. The van der Waals surface area contributed by atoms with Crippen LogP contribution in [0.25, 0.3) is 0 Å². The molecule has 0 spiro atoms. The van der Waals surface area contributed by atoms with Crippen LogP contribution in [0.5, 0.6) is 0 Å². The average Bonchev–Trinajstić information content (AvgIpc) is 2.41. The third-order valence-corrected chi connectivity index (χ3v) is 2.69. The van der Waals surface area contributed by atoms with Crippen LogP contribution in [0.1, 0.15) is 16.8 Å². The second-order valence-corrected chi connectivity index (χ2v) is 4.11. The summed E-state index contributed by atoms with van der Waals surface area (Å²) in [7, 11) is 0. The molecule has 0 bridgehead atoms. The first-order valence-corrected chi connectivity index (χ1v) is 5.93. The van der Waals surface area contributed by atoms with Gasteiger partial charge in [0.15, 0.2) is 5.78 Å². The van der Waals surface area contributed by atoms with Crippen LogP contribution in [0.2, 0.25) is 0 Å². The van der Waals surface area contributed by atoms with Crippen molar-refractivity contribution in [3.63, 3.8) is 0 Å². The molecule has 0 aromatic heterocycles. The van der Waals surface area contributed by atoms with Gasteiger partial charge in [-0.15, -0.1) is 0 Å². The van der Waals surface area contributed by atoms with Crippen LogP contribution in [0.3, 0.4) is 0 Å². The molecule has 4 heteroatoms. The third-order valence-electron chi connectivity index (χ3n) is 2.69. The first-order chi connectivity index (χ1) is 9.15. The van der Waals surface area contributed by atoms with Gasteiger partial charge in [0.05, 0.1) is 0 Å². The van der Waals surface area contributed by atoms with Crippen LogP contribution in [-0.4, -0.2) is 12.3 Å². The van der Waals surface area contributed by atoms with Gasteiger partial charge < -0.3 is 5.32 Å². The molecule has 0 heterocycles. The Kier molecular flexibility index (Phi) is 4.23. The largest absolute Gasteiger partial charge is 0.385 e. The molecule has 2 aromatic rings. The van der Waals surface area contributed by atoms with Gasteiger partial charge in [-0.3, -0.25) is 4.79 Å². The van der Waals surface area contributed by atoms with Gasteiger partial charge in [0.25, 0.3) is 0 Å². The van der Waals surface area contributed by atoms with Crippen molar-refractivity contribution in [3.8, 4) is 0 Å². The van der Waals surface area contributed by atoms with Crippen LogP contribution in [-0.2, 0) is 0 Å². The van der Waals surface area contributed by atoms with Crippen LogP contribution in [0.15, 0.2) is 48.5 Å². The second kappa shape index (κ2) is 6.09. The number of hydrogen-bond donors (Lipinski definition) is 1.